The molecule has 150 valence electrons. The molecule has 1 amide bonds. The Balaban J connectivity index is 1.32. The molecule has 0 aliphatic carbocycles. The quantitative estimate of drug-likeness (QED) is 0.633. The normalized spacial score (nSPS) is 12.6. The Morgan fingerprint density at radius 1 is 1.10 bits per heavy atom. The molecule has 0 saturated heterocycles. The van der Waals surface area contributed by atoms with E-state index in [1.165, 1.54) is 12.1 Å². The Morgan fingerprint density at radius 2 is 1.86 bits per heavy atom. The number of benzene rings is 2. The Bertz CT molecular complexity index is 1000. The fourth-order valence-electron chi connectivity index (χ4n) is 3.13. The maximum absolute atomic E-state index is 13.0. The van der Waals surface area contributed by atoms with Gasteiger partial charge in [0.1, 0.15) is 19.0 Å². The summed E-state index contributed by atoms with van der Waals surface area (Å²) >= 11 is 0. The molecular formula is C22H21FN2O4. The molecule has 7 heteroatoms. The summed E-state index contributed by atoms with van der Waals surface area (Å²) in [5, 5.41) is 0. The van der Waals surface area contributed by atoms with E-state index in [4.69, 9.17) is 13.9 Å². The second kappa shape index (κ2) is 8.34. The third-order valence-corrected chi connectivity index (χ3v) is 4.69. The van der Waals surface area contributed by atoms with Crippen LogP contribution in [0, 0.1) is 5.82 Å². The molecule has 0 unspecified atom stereocenters. The minimum Gasteiger partial charge on any atom is -0.486 e. The van der Waals surface area contributed by atoms with Crippen LogP contribution in [0.2, 0.25) is 0 Å². The number of oxazole rings is 1. The van der Waals surface area contributed by atoms with Gasteiger partial charge < -0.3 is 18.8 Å². The van der Waals surface area contributed by atoms with E-state index < -0.39 is 0 Å². The molecule has 0 bridgehead atoms. The average molecular weight is 396 g/mol. The first-order valence-electron chi connectivity index (χ1n) is 9.41. The predicted octanol–water partition coefficient (Wildman–Crippen LogP) is 3.84. The van der Waals surface area contributed by atoms with E-state index in [9.17, 15) is 9.18 Å². The van der Waals surface area contributed by atoms with Crippen LogP contribution in [0.15, 0.2) is 53.1 Å². The highest BCUT2D eigenvalue weighted by molar-refractivity contribution is 5.76. The van der Waals surface area contributed by atoms with Crippen LogP contribution < -0.4 is 9.47 Å². The fourth-order valence-corrected chi connectivity index (χ4v) is 3.13. The summed E-state index contributed by atoms with van der Waals surface area (Å²) in [6.45, 7) is 1.55. The van der Waals surface area contributed by atoms with Gasteiger partial charge in [0, 0.05) is 32.0 Å². The molecule has 0 spiro atoms. The molecule has 0 saturated carbocycles. The molecule has 2 aromatic carbocycles. The number of fused-ring (bicyclic) bond motifs is 1. The average Bonchev–Trinajstić information content (AvgIpc) is 3.21. The number of hydrogen-bond donors (Lipinski definition) is 0. The van der Waals surface area contributed by atoms with Crippen LogP contribution in [0.4, 0.5) is 4.39 Å². The number of ether oxygens (including phenoxy) is 2. The largest absolute Gasteiger partial charge is 0.486 e. The van der Waals surface area contributed by atoms with E-state index in [2.05, 4.69) is 4.98 Å². The van der Waals surface area contributed by atoms with Crippen LogP contribution in [0.3, 0.4) is 0 Å². The zero-order chi connectivity index (χ0) is 20.2. The Labute approximate surface area is 167 Å². The van der Waals surface area contributed by atoms with E-state index in [1.807, 2.05) is 18.2 Å². The highest BCUT2D eigenvalue weighted by Gasteiger charge is 2.15. The van der Waals surface area contributed by atoms with Crippen LogP contribution in [0.25, 0.3) is 11.3 Å². The maximum atomic E-state index is 13.0. The van der Waals surface area contributed by atoms with Crippen molar-refractivity contribution in [1.82, 2.24) is 9.88 Å². The Morgan fingerprint density at radius 3 is 2.66 bits per heavy atom. The molecule has 0 N–H and O–H groups in total. The van der Waals surface area contributed by atoms with Crippen molar-refractivity contribution in [2.75, 3.05) is 20.3 Å². The van der Waals surface area contributed by atoms with Gasteiger partial charge in [-0.3, -0.25) is 4.79 Å². The van der Waals surface area contributed by atoms with Crippen molar-refractivity contribution in [1.29, 1.82) is 0 Å². The van der Waals surface area contributed by atoms with Gasteiger partial charge in [0.2, 0.25) is 5.91 Å². The number of aryl methyl sites for hydroxylation is 1. The summed E-state index contributed by atoms with van der Waals surface area (Å²) < 4.78 is 29.8. The van der Waals surface area contributed by atoms with Crippen LogP contribution >= 0.6 is 0 Å². The molecular weight excluding hydrogens is 375 g/mol. The molecule has 3 aromatic rings. The van der Waals surface area contributed by atoms with Crippen molar-refractivity contribution in [2.24, 2.45) is 0 Å². The number of rotatable bonds is 6. The van der Waals surface area contributed by atoms with E-state index in [0.29, 0.717) is 43.6 Å². The van der Waals surface area contributed by atoms with E-state index >= 15 is 0 Å². The lowest BCUT2D eigenvalue weighted by Crippen LogP contribution is -2.26. The smallest absolute Gasteiger partial charge is 0.223 e. The molecule has 29 heavy (non-hydrogen) atoms. The number of carbonyl (C=O) groups is 1. The summed E-state index contributed by atoms with van der Waals surface area (Å²) in [4.78, 5) is 18.4. The van der Waals surface area contributed by atoms with Gasteiger partial charge in [-0.1, -0.05) is 6.07 Å². The van der Waals surface area contributed by atoms with Crippen molar-refractivity contribution in [2.45, 2.75) is 19.4 Å². The lowest BCUT2D eigenvalue weighted by atomic mass is 10.1. The van der Waals surface area contributed by atoms with Gasteiger partial charge in [-0.15, -0.1) is 0 Å². The van der Waals surface area contributed by atoms with Crippen LogP contribution in [0.5, 0.6) is 11.5 Å². The number of hydrogen-bond acceptors (Lipinski definition) is 5. The molecule has 0 radical (unpaired) electrons. The fraction of sp³-hybridized carbons (Fsp3) is 0.273. The van der Waals surface area contributed by atoms with Crippen molar-refractivity contribution >= 4 is 5.91 Å². The summed E-state index contributed by atoms with van der Waals surface area (Å²) in [5.74, 6) is 2.15. The summed E-state index contributed by atoms with van der Waals surface area (Å²) in [6.07, 6.45) is 2.27. The van der Waals surface area contributed by atoms with Crippen molar-refractivity contribution < 1.29 is 23.1 Å². The van der Waals surface area contributed by atoms with Gasteiger partial charge in [0.05, 0.1) is 6.20 Å². The van der Waals surface area contributed by atoms with Crippen molar-refractivity contribution in [3.8, 4) is 22.8 Å². The third kappa shape index (κ3) is 4.56. The molecule has 2 heterocycles. The predicted molar refractivity (Wildman–Crippen MR) is 104 cm³/mol. The molecule has 1 aliphatic rings. The van der Waals surface area contributed by atoms with Gasteiger partial charge >= 0.3 is 0 Å². The standard InChI is InChI=1S/C22H21FN2O4/c1-25(14-15-2-7-18-19(12-15)28-11-10-27-18)22(26)9-8-21-24-13-20(29-21)16-3-5-17(23)6-4-16/h2-7,12-13H,8-11,14H2,1H3. The van der Waals surface area contributed by atoms with Crippen LogP contribution in [0.1, 0.15) is 17.9 Å². The van der Waals surface area contributed by atoms with Crippen molar-refractivity contribution in [3.63, 3.8) is 0 Å². The number of aromatic nitrogens is 1. The molecule has 1 aromatic heterocycles. The minimum atomic E-state index is -0.305. The highest BCUT2D eigenvalue weighted by atomic mass is 19.1. The van der Waals surface area contributed by atoms with E-state index in [0.717, 1.165) is 16.9 Å². The zero-order valence-electron chi connectivity index (χ0n) is 16.1. The van der Waals surface area contributed by atoms with Gasteiger partial charge in [0.15, 0.2) is 23.1 Å². The highest BCUT2D eigenvalue weighted by Crippen LogP contribution is 2.31. The van der Waals surface area contributed by atoms with Gasteiger partial charge in [-0.05, 0) is 42.0 Å². The first-order valence-corrected chi connectivity index (χ1v) is 9.41. The molecule has 0 fully saturated rings. The Hall–Kier alpha value is -3.35. The number of amides is 1. The third-order valence-electron chi connectivity index (χ3n) is 4.69. The van der Waals surface area contributed by atoms with E-state index in [-0.39, 0.29) is 18.1 Å². The second-order valence-electron chi connectivity index (χ2n) is 6.85. The molecule has 4 rings (SSSR count). The lowest BCUT2D eigenvalue weighted by Gasteiger charge is -2.21. The topological polar surface area (TPSA) is 64.8 Å². The maximum Gasteiger partial charge on any atom is 0.223 e. The molecule has 6 nitrogen and oxygen atoms in total. The van der Waals surface area contributed by atoms with Gasteiger partial charge in [-0.2, -0.15) is 0 Å². The summed E-state index contributed by atoms with van der Waals surface area (Å²) in [5.41, 5.74) is 1.71. The molecule has 1 aliphatic heterocycles. The van der Waals surface area contributed by atoms with Crippen LogP contribution in [-0.4, -0.2) is 36.1 Å². The van der Waals surface area contributed by atoms with Gasteiger partial charge in [-0.25, -0.2) is 9.37 Å². The first-order chi connectivity index (χ1) is 14.1. The summed E-state index contributed by atoms with van der Waals surface area (Å²) in [6, 6.07) is 11.7. The monoisotopic (exact) mass is 396 g/mol. The molecule has 0 atom stereocenters. The van der Waals surface area contributed by atoms with E-state index in [1.54, 1.807) is 30.3 Å². The number of halogens is 1. The number of carbonyl (C=O) groups excluding carboxylic acids is 1. The lowest BCUT2D eigenvalue weighted by molar-refractivity contribution is -0.130. The number of nitrogens with zero attached hydrogens (tertiary/aromatic N) is 2. The Kier molecular flexibility index (Phi) is 5.46. The second-order valence-corrected chi connectivity index (χ2v) is 6.85. The zero-order valence-corrected chi connectivity index (χ0v) is 16.1. The minimum absolute atomic E-state index is 0.0126. The first kappa shape index (κ1) is 19.0. The SMILES string of the molecule is CN(Cc1ccc2c(c1)OCCO2)C(=O)CCc1ncc(-c2ccc(F)cc2)o1. The van der Waals surface area contributed by atoms with Gasteiger partial charge in [0.25, 0.3) is 0 Å². The van der Waals surface area contributed by atoms with Crippen molar-refractivity contribution in [3.05, 3.63) is 65.9 Å². The van der Waals surface area contributed by atoms with Crippen LogP contribution in [-0.2, 0) is 17.8 Å². The summed E-state index contributed by atoms with van der Waals surface area (Å²) in [7, 11) is 1.76.